The van der Waals surface area contributed by atoms with Crippen molar-refractivity contribution in [3.63, 3.8) is 0 Å². The minimum Gasteiger partial charge on any atom is -0.291 e. The lowest BCUT2D eigenvalue weighted by atomic mass is 10.0. The van der Waals surface area contributed by atoms with Crippen LogP contribution in [-0.4, -0.2) is 10.8 Å². The number of allylic oxidation sites excluding steroid dienone is 2. The summed E-state index contributed by atoms with van der Waals surface area (Å²) < 4.78 is 0. The molecule has 2 aromatic carbocycles. The van der Waals surface area contributed by atoms with Crippen LogP contribution in [0.3, 0.4) is 0 Å². The Bertz CT molecular complexity index is 1050. The second kappa shape index (κ2) is 31.6. The van der Waals surface area contributed by atoms with Gasteiger partial charge in [0.25, 0.3) is 5.91 Å². The standard InChI is InChI=1S/C47H77NO/c1-3-5-7-9-11-13-15-17-19-21-23-25-27-29-31-35-42-48(47(49)46-41-37-39-44-38-33-34-40-45(44)46)43-36-32-30-28-26-24-22-20-18-16-14-12-10-8-6-4-2/h33-43H,3-32H2,1-2H3. The van der Waals surface area contributed by atoms with Crippen molar-refractivity contribution in [1.29, 1.82) is 0 Å². The van der Waals surface area contributed by atoms with E-state index in [-0.39, 0.29) is 5.91 Å². The Morgan fingerprint density at radius 1 is 0.449 bits per heavy atom. The second-order valence-corrected chi connectivity index (χ2v) is 14.8. The molecule has 2 rings (SSSR count). The first-order valence-electron chi connectivity index (χ1n) is 21.4. The lowest BCUT2D eigenvalue weighted by Gasteiger charge is -2.15. The van der Waals surface area contributed by atoms with E-state index >= 15 is 0 Å². The maximum absolute atomic E-state index is 13.8. The van der Waals surface area contributed by atoms with Gasteiger partial charge in [-0.05, 0) is 42.5 Å². The highest BCUT2D eigenvalue weighted by Gasteiger charge is 2.14. The molecule has 1 amide bonds. The molecule has 0 N–H and O–H groups in total. The van der Waals surface area contributed by atoms with Crippen molar-refractivity contribution < 1.29 is 4.79 Å². The molecular formula is C47H77NO. The summed E-state index contributed by atoms with van der Waals surface area (Å²) in [6, 6.07) is 14.3. The molecule has 0 atom stereocenters. The SMILES string of the molecule is CCCCCCCCCCCCCCCCC=CN(C=CCCCCCCCCCCCCCCCC)C(=O)c1cccc2ccccc12. The first-order chi connectivity index (χ1) is 24.3. The van der Waals surface area contributed by atoms with E-state index in [2.05, 4.69) is 44.2 Å². The molecule has 49 heavy (non-hydrogen) atoms. The highest BCUT2D eigenvalue weighted by molar-refractivity contribution is 6.07. The molecule has 0 aliphatic carbocycles. The fourth-order valence-electron chi connectivity index (χ4n) is 7.03. The van der Waals surface area contributed by atoms with Gasteiger partial charge >= 0.3 is 0 Å². The van der Waals surface area contributed by atoms with Gasteiger partial charge in [0, 0.05) is 18.0 Å². The van der Waals surface area contributed by atoms with Crippen LogP contribution in [-0.2, 0) is 0 Å². The fraction of sp³-hybridized carbons (Fsp3) is 0.681. The van der Waals surface area contributed by atoms with Gasteiger partial charge in [0.2, 0.25) is 0 Å². The molecule has 0 heterocycles. The first-order valence-corrected chi connectivity index (χ1v) is 21.4. The summed E-state index contributed by atoms with van der Waals surface area (Å²) in [4.78, 5) is 15.6. The van der Waals surface area contributed by atoms with Gasteiger partial charge in [-0.2, -0.15) is 0 Å². The molecule has 2 aromatic rings. The van der Waals surface area contributed by atoms with Crippen LogP contribution in [0.4, 0.5) is 0 Å². The molecule has 2 nitrogen and oxygen atoms in total. The first kappa shape index (κ1) is 42.8. The van der Waals surface area contributed by atoms with Crippen molar-refractivity contribution in [3.05, 3.63) is 72.6 Å². The summed E-state index contributed by atoms with van der Waals surface area (Å²) in [5, 5.41) is 2.15. The molecule has 0 saturated heterocycles. The summed E-state index contributed by atoms with van der Waals surface area (Å²) in [5.41, 5.74) is 0.778. The van der Waals surface area contributed by atoms with E-state index in [0.29, 0.717) is 0 Å². The van der Waals surface area contributed by atoms with E-state index < -0.39 is 0 Å². The Morgan fingerprint density at radius 3 is 1.20 bits per heavy atom. The van der Waals surface area contributed by atoms with Gasteiger partial charge in [-0.1, -0.05) is 229 Å². The molecule has 0 unspecified atom stereocenters. The van der Waals surface area contributed by atoms with Crippen molar-refractivity contribution in [2.75, 3.05) is 0 Å². The van der Waals surface area contributed by atoms with Gasteiger partial charge in [0.15, 0.2) is 0 Å². The molecule has 0 aliphatic rings. The van der Waals surface area contributed by atoms with Crippen molar-refractivity contribution in [2.45, 2.75) is 206 Å². The quantitative estimate of drug-likeness (QED) is 0.0692. The number of hydrogen-bond acceptors (Lipinski definition) is 1. The number of unbranched alkanes of at least 4 members (excludes halogenated alkanes) is 28. The molecule has 0 radical (unpaired) electrons. The van der Waals surface area contributed by atoms with Gasteiger partial charge in [-0.25, -0.2) is 0 Å². The van der Waals surface area contributed by atoms with Gasteiger partial charge in [0.1, 0.15) is 0 Å². The minimum absolute atomic E-state index is 0.0613. The number of benzene rings is 2. The third kappa shape index (κ3) is 22.2. The summed E-state index contributed by atoms with van der Waals surface area (Å²) in [6.45, 7) is 4.59. The number of carbonyl (C=O) groups is 1. The molecule has 0 aromatic heterocycles. The predicted molar refractivity (Wildman–Crippen MR) is 218 cm³/mol. The Morgan fingerprint density at radius 2 is 0.796 bits per heavy atom. The second-order valence-electron chi connectivity index (χ2n) is 14.8. The van der Waals surface area contributed by atoms with E-state index in [4.69, 9.17) is 0 Å². The van der Waals surface area contributed by atoms with Crippen molar-refractivity contribution in [1.82, 2.24) is 4.90 Å². The highest BCUT2D eigenvalue weighted by atomic mass is 16.2. The topological polar surface area (TPSA) is 20.3 Å². The smallest absolute Gasteiger partial charge is 0.262 e. The molecule has 2 heteroatoms. The number of rotatable bonds is 33. The van der Waals surface area contributed by atoms with Crippen LogP contribution in [0.2, 0.25) is 0 Å². The number of hydrogen-bond donors (Lipinski definition) is 0. The van der Waals surface area contributed by atoms with Crippen molar-refractivity contribution in [3.8, 4) is 0 Å². The van der Waals surface area contributed by atoms with E-state index in [9.17, 15) is 4.79 Å². The van der Waals surface area contributed by atoms with Crippen LogP contribution < -0.4 is 0 Å². The minimum atomic E-state index is 0.0613. The predicted octanol–water partition coefficient (Wildman–Crippen LogP) is 16.1. The summed E-state index contributed by atoms with van der Waals surface area (Å²) >= 11 is 0. The third-order valence-corrected chi connectivity index (χ3v) is 10.2. The van der Waals surface area contributed by atoms with Crippen molar-refractivity contribution >= 4 is 16.7 Å². The zero-order valence-electron chi connectivity index (χ0n) is 32.4. The van der Waals surface area contributed by atoms with Crippen LogP contribution in [0.1, 0.15) is 217 Å². The average Bonchev–Trinajstić information content (AvgIpc) is 3.13. The van der Waals surface area contributed by atoms with E-state index in [0.717, 1.165) is 29.2 Å². The van der Waals surface area contributed by atoms with Gasteiger partial charge in [-0.3, -0.25) is 9.69 Å². The average molecular weight is 672 g/mol. The largest absolute Gasteiger partial charge is 0.291 e. The maximum Gasteiger partial charge on any atom is 0.262 e. The normalized spacial score (nSPS) is 11.8. The highest BCUT2D eigenvalue weighted by Crippen LogP contribution is 2.21. The molecule has 0 fully saturated rings. The Balaban J connectivity index is 1.65. The van der Waals surface area contributed by atoms with Crippen LogP contribution in [0.15, 0.2) is 67.0 Å². The fourth-order valence-corrected chi connectivity index (χ4v) is 7.03. The van der Waals surface area contributed by atoms with Crippen LogP contribution in [0.5, 0.6) is 0 Å². The molecule has 276 valence electrons. The monoisotopic (exact) mass is 672 g/mol. The maximum atomic E-state index is 13.8. The number of carbonyl (C=O) groups excluding carboxylic acids is 1. The van der Waals surface area contributed by atoms with Crippen LogP contribution >= 0.6 is 0 Å². The Kier molecular flexibility index (Phi) is 27.6. The third-order valence-electron chi connectivity index (χ3n) is 10.2. The number of amides is 1. The van der Waals surface area contributed by atoms with Gasteiger partial charge < -0.3 is 0 Å². The lowest BCUT2D eigenvalue weighted by Crippen LogP contribution is -2.20. The van der Waals surface area contributed by atoms with E-state index in [1.165, 1.54) is 180 Å². The van der Waals surface area contributed by atoms with Gasteiger partial charge in [-0.15, -0.1) is 0 Å². The van der Waals surface area contributed by atoms with E-state index in [1.807, 2.05) is 41.6 Å². The van der Waals surface area contributed by atoms with Crippen LogP contribution in [0, 0.1) is 0 Å². The summed E-state index contributed by atoms with van der Waals surface area (Å²) in [7, 11) is 0. The zero-order chi connectivity index (χ0) is 34.9. The lowest BCUT2D eigenvalue weighted by molar-refractivity contribution is 0.0870. The van der Waals surface area contributed by atoms with Crippen molar-refractivity contribution in [2.24, 2.45) is 0 Å². The number of nitrogens with zero attached hydrogens (tertiary/aromatic N) is 1. The summed E-state index contributed by atoms with van der Waals surface area (Å²) in [6.07, 6.45) is 49.2. The Hall–Kier alpha value is -2.35. The summed E-state index contributed by atoms with van der Waals surface area (Å²) in [5.74, 6) is 0.0613. The van der Waals surface area contributed by atoms with E-state index in [1.54, 1.807) is 0 Å². The molecule has 0 aliphatic heterocycles. The molecule has 0 spiro atoms. The zero-order valence-corrected chi connectivity index (χ0v) is 32.4. The molecule has 0 bridgehead atoms. The molecular weight excluding hydrogens is 595 g/mol. The number of fused-ring (bicyclic) bond motifs is 1. The van der Waals surface area contributed by atoms with Gasteiger partial charge in [0.05, 0.1) is 0 Å². The Labute approximate surface area is 304 Å². The molecule has 0 saturated carbocycles. The van der Waals surface area contributed by atoms with Crippen LogP contribution in [0.25, 0.3) is 10.8 Å².